The van der Waals surface area contributed by atoms with Crippen molar-refractivity contribution in [3.8, 4) is 12.0 Å². The number of hydrogen-bond acceptors (Lipinski definition) is 3. The molecule has 58 valence electrons. The quantitative estimate of drug-likeness (QED) is 0.309. The smallest absolute Gasteiger partial charge is 0.249 e. The van der Waals surface area contributed by atoms with Gasteiger partial charge in [-0.3, -0.25) is 0 Å². The molecule has 0 bridgehead atoms. The minimum atomic E-state index is 0.223. The molecule has 0 aromatic carbocycles. The first-order valence-corrected chi connectivity index (χ1v) is 3.74. The highest BCUT2D eigenvalue weighted by molar-refractivity contribution is 5.36. The lowest BCUT2D eigenvalue weighted by molar-refractivity contribution is 0.464. The zero-order valence-electron chi connectivity index (χ0n) is 6.26. The highest BCUT2D eigenvalue weighted by Crippen LogP contribution is 2.05. The topological polar surface area (TPSA) is 41.5 Å². The lowest BCUT2D eigenvalue weighted by Gasteiger charge is -2.17. The normalized spacial score (nSPS) is 22.7. The van der Waals surface area contributed by atoms with Crippen LogP contribution in [0.1, 0.15) is 19.3 Å². The van der Waals surface area contributed by atoms with E-state index in [1.807, 2.05) is 0 Å². The van der Waals surface area contributed by atoms with E-state index in [1.54, 1.807) is 0 Å². The van der Waals surface area contributed by atoms with Gasteiger partial charge in [-0.05, 0) is 25.8 Å². The third-order valence-corrected chi connectivity index (χ3v) is 1.65. The van der Waals surface area contributed by atoms with Crippen molar-refractivity contribution in [2.75, 3.05) is 6.54 Å². The van der Waals surface area contributed by atoms with E-state index >= 15 is 0 Å². The van der Waals surface area contributed by atoms with Crippen molar-refractivity contribution in [2.45, 2.75) is 25.3 Å². The third-order valence-electron chi connectivity index (χ3n) is 1.65. The molecule has 0 saturated carbocycles. The minimum absolute atomic E-state index is 0.223. The Labute approximate surface area is 65.9 Å². The van der Waals surface area contributed by atoms with Crippen molar-refractivity contribution < 1.29 is 4.79 Å². The fourth-order valence-corrected chi connectivity index (χ4v) is 1.11. The Hall–Kier alpha value is -1.10. The Morgan fingerprint density at radius 3 is 3.00 bits per heavy atom. The van der Waals surface area contributed by atoms with Crippen LogP contribution >= 0.6 is 0 Å². The first kappa shape index (κ1) is 8.00. The first-order valence-electron chi connectivity index (χ1n) is 3.74. The van der Waals surface area contributed by atoms with E-state index < -0.39 is 0 Å². The van der Waals surface area contributed by atoms with E-state index in [2.05, 4.69) is 22.3 Å². The molecule has 1 atom stereocenters. The molecule has 1 rings (SSSR count). The van der Waals surface area contributed by atoms with Crippen molar-refractivity contribution in [1.29, 1.82) is 0 Å². The van der Waals surface area contributed by atoms with Gasteiger partial charge in [0.1, 0.15) is 0 Å². The molecule has 0 radical (unpaired) electrons. The van der Waals surface area contributed by atoms with Gasteiger partial charge in [0.2, 0.25) is 6.08 Å². The molecule has 1 heterocycles. The first-order chi connectivity index (χ1) is 5.43. The van der Waals surface area contributed by atoms with E-state index in [9.17, 15) is 4.79 Å². The lowest BCUT2D eigenvalue weighted by atomic mass is 10.1. The SMILES string of the molecule is O=C=NC#CC1CCCCN1. The number of isocyanates is 1. The standard InChI is InChI=1S/C8H10N2O/c11-7-9-6-4-8-3-1-2-5-10-8/h8,10H,1-3,5H2. The molecule has 11 heavy (non-hydrogen) atoms. The largest absolute Gasteiger partial charge is 0.304 e. The predicted molar refractivity (Wildman–Crippen MR) is 41.5 cm³/mol. The van der Waals surface area contributed by atoms with E-state index in [-0.39, 0.29) is 6.04 Å². The molecule has 0 aromatic heterocycles. The highest BCUT2D eigenvalue weighted by Gasteiger charge is 2.08. The van der Waals surface area contributed by atoms with Gasteiger partial charge in [0.05, 0.1) is 6.04 Å². The van der Waals surface area contributed by atoms with Gasteiger partial charge in [-0.15, -0.1) is 4.99 Å². The second-order valence-electron chi connectivity index (χ2n) is 2.46. The van der Waals surface area contributed by atoms with Crippen LogP contribution in [0.2, 0.25) is 0 Å². The maximum atomic E-state index is 9.63. The van der Waals surface area contributed by atoms with E-state index in [1.165, 1.54) is 18.9 Å². The van der Waals surface area contributed by atoms with Crippen molar-refractivity contribution in [3.05, 3.63) is 0 Å². The van der Waals surface area contributed by atoms with Crippen LogP contribution in [-0.4, -0.2) is 18.7 Å². The molecule has 0 aliphatic carbocycles. The summed E-state index contributed by atoms with van der Waals surface area (Å²) in [6.45, 7) is 1.02. The number of aliphatic imine (C=N–C) groups is 1. The number of piperidine rings is 1. The van der Waals surface area contributed by atoms with Gasteiger partial charge < -0.3 is 5.32 Å². The van der Waals surface area contributed by atoms with Gasteiger partial charge in [-0.1, -0.05) is 5.92 Å². The molecular formula is C8H10N2O. The van der Waals surface area contributed by atoms with Crippen LogP contribution in [0.3, 0.4) is 0 Å². The maximum Gasteiger partial charge on any atom is 0.249 e. The molecule has 3 nitrogen and oxygen atoms in total. The zero-order valence-corrected chi connectivity index (χ0v) is 6.26. The van der Waals surface area contributed by atoms with Crippen LogP contribution in [-0.2, 0) is 4.79 Å². The Kier molecular flexibility index (Phi) is 3.40. The van der Waals surface area contributed by atoms with E-state index in [4.69, 9.17) is 0 Å². The summed E-state index contributed by atoms with van der Waals surface area (Å²) in [6, 6.07) is 2.62. The van der Waals surface area contributed by atoms with E-state index in [0.29, 0.717) is 0 Å². The summed E-state index contributed by atoms with van der Waals surface area (Å²) in [6.07, 6.45) is 4.86. The summed E-state index contributed by atoms with van der Waals surface area (Å²) in [4.78, 5) is 12.8. The summed E-state index contributed by atoms with van der Waals surface area (Å²) in [5, 5.41) is 3.21. The van der Waals surface area contributed by atoms with Crippen LogP contribution in [0.25, 0.3) is 0 Å². The third kappa shape index (κ3) is 2.99. The summed E-state index contributed by atoms with van der Waals surface area (Å²) in [5.74, 6) is 2.83. The number of rotatable bonds is 0. The van der Waals surface area contributed by atoms with Crippen molar-refractivity contribution in [2.24, 2.45) is 4.99 Å². The number of carbonyl (C=O) groups excluding carboxylic acids is 1. The van der Waals surface area contributed by atoms with Gasteiger partial charge in [0.15, 0.2) is 0 Å². The van der Waals surface area contributed by atoms with Gasteiger partial charge in [0.25, 0.3) is 0 Å². The molecule has 1 fully saturated rings. The number of nitrogens with one attached hydrogen (secondary N) is 1. The van der Waals surface area contributed by atoms with Gasteiger partial charge >= 0.3 is 0 Å². The van der Waals surface area contributed by atoms with Crippen LogP contribution in [0.15, 0.2) is 4.99 Å². The Morgan fingerprint density at radius 1 is 1.45 bits per heavy atom. The monoisotopic (exact) mass is 150 g/mol. The molecule has 1 N–H and O–H groups in total. The average Bonchev–Trinajstić information content (AvgIpc) is 2.07. The van der Waals surface area contributed by atoms with Crippen molar-refractivity contribution >= 4 is 6.08 Å². The number of hydrogen-bond donors (Lipinski definition) is 1. The Balaban J connectivity index is 2.36. The molecule has 1 saturated heterocycles. The molecular weight excluding hydrogens is 140 g/mol. The van der Waals surface area contributed by atoms with Gasteiger partial charge in [0, 0.05) is 6.04 Å². The summed E-state index contributed by atoms with van der Waals surface area (Å²) in [5.41, 5.74) is 0. The summed E-state index contributed by atoms with van der Waals surface area (Å²) < 4.78 is 0. The Bertz CT molecular complexity index is 214. The van der Waals surface area contributed by atoms with Crippen molar-refractivity contribution in [3.63, 3.8) is 0 Å². The summed E-state index contributed by atoms with van der Waals surface area (Å²) >= 11 is 0. The van der Waals surface area contributed by atoms with Crippen LogP contribution in [0.4, 0.5) is 0 Å². The molecule has 1 unspecified atom stereocenters. The second kappa shape index (κ2) is 4.68. The average molecular weight is 150 g/mol. The zero-order chi connectivity index (χ0) is 7.94. The lowest BCUT2D eigenvalue weighted by Crippen LogP contribution is -2.32. The van der Waals surface area contributed by atoms with Crippen molar-refractivity contribution in [1.82, 2.24) is 5.32 Å². The van der Waals surface area contributed by atoms with Crippen LogP contribution < -0.4 is 5.32 Å². The molecule has 0 spiro atoms. The molecule has 0 aromatic rings. The van der Waals surface area contributed by atoms with Crippen LogP contribution in [0, 0.1) is 12.0 Å². The van der Waals surface area contributed by atoms with E-state index in [0.717, 1.165) is 13.0 Å². The molecule has 1 aliphatic heterocycles. The predicted octanol–water partition coefficient (Wildman–Crippen LogP) is 0.425. The maximum absolute atomic E-state index is 9.63. The fourth-order valence-electron chi connectivity index (χ4n) is 1.11. The summed E-state index contributed by atoms with van der Waals surface area (Å²) in [7, 11) is 0. The fraction of sp³-hybridized carbons (Fsp3) is 0.625. The van der Waals surface area contributed by atoms with Gasteiger partial charge in [-0.25, -0.2) is 4.79 Å². The molecule has 0 amide bonds. The Morgan fingerprint density at radius 2 is 2.36 bits per heavy atom. The van der Waals surface area contributed by atoms with Crippen LogP contribution in [0.5, 0.6) is 0 Å². The second-order valence-corrected chi connectivity index (χ2v) is 2.46. The molecule has 3 heteroatoms. The highest BCUT2D eigenvalue weighted by atomic mass is 16.1. The minimum Gasteiger partial charge on any atom is -0.304 e. The van der Waals surface area contributed by atoms with Gasteiger partial charge in [-0.2, -0.15) is 0 Å². The molecule has 1 aliphatic rings. The number of nitrogens with zero attached hydrogens (tertiary/aromatic N) is 1.